The van der Waals surface area contributed by atoms with Crippen molar-refractivity contribution in [3.63, 3.8) is 0 Å². The van der Waals surface area contributed by atoms with E-state index in [1.165, 1.54) is 0 Å². The second-order valence-electron chi connectivity index (χ2n) is 3.05. The van der Waals surface area contributed by atoms with Crippen LogP contribution in [0.1, 0.15) is 24.1 Å². The zero-order valence-corrected chi connectivity index (χ0v) is 7.54. The lowest BCUT2D eigenvalue weighted by molar-refractivity contribution is -0.137. The molecule has 0 radical (unpaired) electrons. The van der Waals surface area contributed by atoms with Gasteiger partial charge in [0.25, 0.3) is 0 Å². The van der Waals surface area contributed by atoms with Gasteiger partial charge < -0.3 is 5.11 Å². The van der Waals surface area contributed by atoms with Crippen LogP contribution in [0.5, 0.6) is 0 Å². The van der Waals surface area contributed by atoms with Gasteiger partial charge in [0.15, 0.2) is 0 Å². The third-order valence-electron chi connectivity index (χ3n) is 1.89. The molecule has 0 spiro atoms. The van der Waals surface area contributed by atoms with Gasteiger partial charge in [0, 0.05) is 17.8 Å². The van der Waals surface area contributed by atoms with Crippen LogP contribution in [0.15, 0.2) is 18.3 Å². The SMILES string of the molecule is C[C@H](CO)c1cc(C(F)(F)F)ccn1. The Labute approximate surface area is 79.4 Å². The van der Waals surface area contributed by atoms with Gasteiger partial charge in [0.1, 0.15) is 0 Å². The number of nitrogens with zero attached hydrogens (tertiary/aromatic N) is 1. The van der Waals surface area contributed by atoms with E-state index in [-0.39, 0.29) is 18.2 Å². The third kappa shape index (κ3) is 2.45. The van der Waals surface area contributed by atoms with Gasteiger partial charge in [-0.3, -0.25) is 4.98 Å². The number of alkyl halides is 3. The Morgan fingerprint density at radius 3 is 2.64 bits per heavy atom. The van der Waals surface area contributed by atoms with Crippen LogP contribution in [0.3, 0.4) is 0 Å². The lowest BCUT2D eigenvalue weighted by atomic mass is 10.1. The molecular weight excluding hydrogens is 195 g/mol. The normalized spacial score (nSPS) is 14.1. The Hall–Kier alpha value is -1.10. The molecule has 5 heteroatoms. The summed E-state index contributed by atoms with van der Waals surface area (Å²) in [6.07, 6.45) is -3.25. The molecular formula is C9H10F3NO. The molecule has 0 amide bonds. The summed E-state index contributed by atoms with van der Waals surface area (Å²) in [6.45, 7) is 1.40. The highest BCUT2D eigenvalue weighted by Crippen LogP contribution is 2.30. The molecule has 1 atom stereocenters. The quantitative estimate of drug-likeness (QED) is 0.802. The van der Waals surface area contributed by atoms with Gasteiger partial charge in [0.05, 0.1) is 12.2 Å². The first-order chi connectivity index (χ1) is 6.45. The number of rotatable bonds is 2. The molecule has 0 unspecified atom stereocenters. The van der Waals surface area contributed by atoms with Crippen LogP contribution in [0.25, 0.3) is 0 Å². The molecule has 0 saturated heterocycles. The Morgan fingerprint density at radius 1 is 1.50 bits per heavy atom. The van der Waals surface area contributed by atoms with E-state index in [2.05, 4.69) is 4.98 Å². The Morgan fingerprint density at radius 2 is 2.14 bits per heavy atom. The van der Waals surface area contributed by atoms with Crippen LogP contribution in [0.4, 0.5) is 13.2 Å². The fourth-order valence-corrected chi connectivity index (χ4v) is 0.988. The van der Waals surface area contributed by atoms with Gasteiger partial charge in [-0.15, -0.1) is 0 Å². The fraction of sp³-hybridized carbons (Fsp3) is 0.444. The number of aliphatic hydroxyl groups excluding tert-OH is 1. The highest BCUT2D eigenvalue weighted by atomic mass is 19.4. The van der Waals surface area contributed by atoms with Crippen molar-refractivity contribution < 1.29 is 18.3 Å². The summed E-state index contributed by atoms with van der Waals surface area (Å²) in [6, 6.07) is 1.87. The number of pyridine rings is 1. The summed E-state index contributed by atoms with van der Waals surface area (Å²) in [4.78, 5) is 3.76. The number of halogens is 3. The summed E-state index contributed by atoms with van der Waals surface area (Å²) in [5, 5.41) is 8.76. The van der Waals surface area contributed by atoms with Crippen molar-refractivity contribution >= 4 is 0 Å². The van der Waals surface area contributed by atoms with E-state index in [0.29, 0.717) is 0 Å². The number of hydrogen-bond donors (Lipinski definition) is 1. The lowest BCUT2D eigenvalue weighted by Crippen LogP contribution is -2.08. The van der Waals surface area contributed by atoms with Crippen molar-refractivity contribution in [2.75, 3.05) is 6.61 Å². The highest BCUT2D eigenvalue weighted by Gasteiger charge is 2.30. The van der Waals surface area contributed by atoms with E-state index in [0.717, 1.165) is 18.3 Å². The lowest BCUT2D eigenvalue weighted by Gasteiger charge is -2.10. The summed E-state index contributed by atoms with van der Waals surface area (Å²) in [7, 11) is 0. The molecule has 0 fully saturated rings. The van der Waals surface area contributed by atoms with Gasteiger partial charge in [-0.2, -0.15) is 13.2 Å². The largest absolute Gasteiger partial charge is 0.416 e. The van der Waals surface area contributed by atoms with Gasteiger partial charge in [0.2, 0.25) is 0 Å². The first-order valence-corrected chi connectivity index (χ1v) is 4.09. The van der Waals surface area contributed by atoms with Crippen molar-refractivity contribution in [1.29, 1.82) is 0 Å². The molecule has 1 aromatic heterocycles. The van der Waals surface area contributed by atoms with Gasteiger partial charge in [-0.25, -0.2) is 0 Å². The molecule has 2 nitrogen and oxygen atoms in total. The van der Waals surface area contributed by atoms with Crippen molar-refractivity contribution in [2.24, 2.45) is 0 Å². The average Bonchev–Trinajstić information content (AvgIpc) is 2.15. The second-order valence-corrected chi connectivity index (χ2v) is 3.05. The van der Waals surface area contributed by atoms with Crippen molar-refractivity contribution in [1.82, 2.24) is 4.98 Å². The summed E-state index contributed by atoms with van der Waals surface area (Å²) >= 11 is 0. The maximum absolute atomic E-state index is 12.2. The zero-order chi connectivity index (χ0) is 10.8. The van der Waals surface area contributed by atoms with Crippen LogP contribution < -0.4 is 0 Å². The van der Waals surface area contributed by atoms with Crippen LogP contribution >= 0.6 is 0 Å². The fourth-order valence-electron chi connectivity index (χ4n) is 0.988. The molecule has 0 bridgehead atoms. The molecule has 0 aliphatic carbocycles. The molecule has 1 heterocycles. The Balaban J connectivity index is 3.01. The van der Waals surface area contributed by atoms with Crippen LogP contribution in [-0.2, 0) is 6.18 Å². The molecule has 0 aromatic carbocycles. The predicted octanol–water partition coefficient (Wildman–Crippen LogP) is 2.20. The van der Waals surface area contributed by atoms with Crippen LogP contribution in [0.2, 0.25) is 0 Å². The Bertz CT molecular complexity index is 311. The first kappa shape index (κ1) is 11.0. The summed E-state index contributed by atoms with van der Waals surface area (Å²) in [5.41, 5.74) is -0.481. The topological polar surface area (TPSA) is 33.1 Å². The zero-order valence-electron chi connectivity index (χ0n) is 7.54. The predicted molar refractivity (Wildman–Crippen MR) is 44.7 cm³/mol. The van der Waals surface area contributed by atoms with E-state index in [4.69, 9.17) is 5.11 Å². The number of hydrogen-bond acceptors (Lipinski definition) is 2. The van der Waals surface area contributed by atoms with Crippen LogP contribution in [-0.4, -0.2) is 16.7 Å². The minimum Gasteiger partial charge on any atom is -0.396 e. The first-order valence-electron chi connectivity index (χ1n) is 4.09. The van der Waals surface area contributed by atoms with E-state index in [1.807, 2.05) is 0 Å². The third-order valence-corrected chi connectivity index (χ3v) is 1.89. The molecule has 0 aliphatic heterocycles. The van der Waals surface area contributed by atoms with E-state index in [9.17, 15) is 13.2 Å². The van der Waals surface area contributed by atoms with Gasteiger partial charge in [-0.05, 0) is 12.1 Å². The standard InChI is InChI=1S/C9H10F3NO/c1-6(5-14)8-4-7(2-3-13-8)9(10,11)12/h2-4,6,14H,5H2,1H3/t6-/m1/s1. The van der Waals surface area contributed by atoms with Crippen LogP contribution in [0, 0.1) is 0 Å². The summed E-state index contributed by atoms with van der Waals surface area (Å²) < 4.78 is 36.7. The highest BCUT2D eigenvalue weighted by molar-refractivity contribution is 5.21. The minimum atomic E-state index is -4.35. The number of aliphatic hydroxyl groups is 1. The molecule has 0 aliphatic rings. The van der Waals surface area contributed by atoms with E-state index in [1.54, 1.807) is 6.92 Å². The van der Waals surface area contributed by atoms with Crippen molar-refractivity contribution in [3.8, 4) is 0 Å². The molecule has 0 saturated carbocycles. The molecule has 14 heavy (non-hydrogen) atoms. The Kier molecular flexibility index (Phi) is 3.10. The maximum atomic E-state index is 12.2. The maximum Gasteiger partial charge on any atom is 0.416 e. The van der Waals surface area contributed by atoms with E-state index >= 15 is 0 Å². The molecule has 1 aromatic rings. The summed E-state index contributed by atoms with van der Waals surface area (Å²) in [5.74, 6) is -0.378. The van der Waals surface area contributed by atoms with E-state index < -0.39 is 11.7 Å². The molecule has 1 rings (SSSR count). The van der Waals surface area contributed by atoms with Gasteiger partial charge >= 0.3 is 6.18 Å². The monoisotopic (exact) mass is 205 g/mol. The minimum absolute atomic E-state index is 0.214. The molecule has 78 valence electrons. The number of aromatic nitrogens is 1. The van der Waals surface area contributed by atoms with Gasteiger partial charge in [-0.1, -0.05) is 6.92 Å². The van der Waals surface area contributed by atoms with Crippen molar-refractivity contribution in [3.05, 3.63) is 29.6 Å². The smallest absolute Gasteiger partial charge is 0.396 e. The molecule has 1 N–H and O–H groups in total. The second kappa shape index (κ2) is 3.96. The van der Waals surface area contributed by atoms with Crippen molar-refractivity contribution in [2.45, 2.75) is 19.0 Å². The average molecular weight is 205 g/mol.